The smallest absolute Gasteiger partial charge is 0.307 e. The molecule has 0 atom stereocenters. The van der Waals surface area contributed by atoms with Crippen molar-refractivity contribution in [3.63, 3.8) is 0 Å². The molecule has 0 spiro atoms. The number of benzene rings is 3. The van der Waals surface area contributed by atoms with E-state index in [-0.39, 0.29) is 24.5 Å². The molecule has 2 N–H and O–H groups in total. The van der Waals surface area contributed by atoms with Crippen LogP contribution in [-0.2, 0) is 16.1 Å². The molecule has 1 heterocycles. The molecule has 0 saturated carbocycles. The second-order valence-corrected chi connectivity index (χ2v) is 8.68. The molecule has 188 valence electrons. The second kappa shape index (κ2) is 12.7. The van der Waals surface area contributed by atoms with E-state index in [4.69, 9.17) is 14.7 Å². The average molecular weight is 491 g/mol. The predicted molar refractivity (Wildman–Crippen MR) is 138 cm³/mol. The summed E-state index contributed by atoms with van der Waals surface area (Å²) in [5.74, 6) is -1.74. The minimum atomic E-state index is -1.09. The highest BCUT2D eigenvalue weighted by Gasteiger charge is 2.13. The lowest BCUT2D eigenvalue weighted by molar-refractivity contribution is -0.136. The summed E-state index contributed by atoms with van der Waals surface area (Å²) in [5, 5.41) is 8.92. The third-order valence-corrected chi connectivity index (χ3v) is 6.02. The fraction of sp³-hybridized carbons (Fsp3) is 0.276. The van der Waals surface area contributed by atoms with Gasteiger partial charge in [0, 0.05) is 30.4 Å². The number of piperidine rings is 1. The van der Waals surface area contributed by atoms with Gasteiger partial charge in [-0.2, -0.15) is 0 Å². The van der Waals surface area contributed by atoms with Crippen molar-refractivity contribution in [1.29, 1.82) is 0 Å². The standard InChI is InChI=1S/C29H31FN2O4/c30-29-25(20-28(33)34)10-7-11-27(29)35-18-19-36-31-26(21-32-16-5-2-6-17-32)24-14-12-23(13-15-24)22-8-3-1-4-9-22/h1,3-4,7-15,21,31H,2,5-6,16-20H2,(H,33,34). The summed E-state index contributed by atoms with van der Waals surface area (Å²) in [6, 6.07) is 23.0. The van der Waals surface area contributed by atoms with E-state index in [1.807, 2.05) is 18.2 Å². The first kappa shape index (κ1) is 25.3. The first-order valence-corrected chi connectivity index (χ1v) is 12.2. The van der Waals surface area contributed by atoms with Gasteiger partial charge in [0.25, 0.3) is 0 Å². The number of likely N-dealkylation sites (tertiary alicyclic amines) is 1. The first-order chi connectivity index (χ1) is 17.6. The molecular weight excluding hydrogens is 459 g/mol. The van der Waals surface area contributed by atoms with Crippen LogP contribution in [0.15, 0.2) is 79.0 Å². The van der Waals surface area contributed by atoms with Crippen molar-refractivity contribution in [3.05, 3.63) is 95.9 Å². The molecule has 1 fully saturated rings. The molecule has 36 heavy (non-hydrogen) atoms. The van der Waals surface area contributed by atoms with Gasteiger partial charge in [0.1, 0.15) is 13.2 Å². The molecule has 1 aliphatic heterocycles. The highest BCUT2D eigenvalue weighted by Crippen LogP contribution is 2.23. The maximum Gasteiger partial charge on any atom is 0.307 e. The number of nitrogens with zero attached hydrogens (tertiary/aromatic N) is 1. The Morgan fingerprint density at radius 2 is 1.64 bits per heavy atom. The lowest BCUT2D eigenvalue weighted by atomic mass is 10.0. The number of ether oxygens (including phenoxy) is 1. The Labute approximate surface area is 210 Å². The number of halogens is 1. The van der Waals surface area contributed by atoms with Crippen molar-refractivity contribution in [2.45, 2.75) is 25.7 Å². The Bertz CT molecular complexity index is 1160. The zero-order chi connectivity index (χ0) is 25.2. The van der Waals surface area contributed by atoms with E-state index in [9.17, 15) is 9.18 Å². The fourth-order valence-corrected chi connectivity index (χ4v) is 4.15. The summed E-state index contributed by atoms with van der Waals surface area (Å²) in [6.07, 6.45) is 5.27. The number of hydroxylamine groups is 1. The van der Waals surface area contributed by atoms with Gasteiger partial charge >= 0.3 is 5.97 Å². The molecule has 4 rings (SSSR count). The topological polar surface area (TPSA) is 71.0 Å². The molecule has 6 nitrogen and oxygen atoms in total. The quantitative estimate of drug-likeness (QED) is 0.273. The van der Waals surface area contributed by atoms with Crippen molar-refractivity contribution in [3.8, 4) is 16.9 Å². The van der Waals surface area contributed by atoms with Gasteiger partial charge in [-0.05, 0) is 36.5 Å². The Hall–Kier alpha value is -3.84. The summed E-state index contributed by atoms with van der Waals surface area (Å²) in [5.41, 5.74) is 7.27. The lowest BCUT2D eigenvalue weighted by Crippen LogP contribution is -2.27. The first-order valence-electron chi connectivity index (χ1n) is 12.2. The van der Waals surface area contributed by atoms with Crippen LogP contribution in [-0.4, -0.2) is 42.3 Å². The Morgan fingerprint density at radius 3 is 2.36 bits per heavy atom. The third kappa shape index (κ3) is 7.09. The van der Waals surface area contributed by atoms with Crippen LogP contribution >= 0.6 is 0 Å². The number of rotatable bonds is 11. The van der Waals surface area contributed by atoms with Crippen molar-refractivity contribution in [2.75, 3.05) is 26.3 Å². The number of carboxylic acid groups (broad SMARTS) is 1. The third-order valence-electron chi connectivity index (χ3n) is 6.02. The number of carboxylic acids is 1. The molecule has 0 unspecified atom stereocenters. The molecule has 0 radical (unpaired) electrons. The van der Waals surface area contributed by atoms with Crippen LogP contribution in [0.5, 0.6) is 5.75 Å². The average Bonchev–Trinajstić information content (AvgIpc) is 2.91. The van der Waals surface area contributed by atoms with Gasteiger partial charge in [-0.15, -0.1) is 0 Å². The molecule has 0 aromatic heterocycles. The van der Waals surface area contributed by atoms with Gasteiger partial charge in [0.05, 0.1) is 12.1 Å². The maximum absolute atomic E-state index is 14.4. The van der Waals surface area contributed by atoms with E-state index < -0.39 is 18.2 Å². The zero-order valence-electron chi connectivity index (χ0n) is 20.2. The number of hydrogen-bond donors (Lipinski definition) is 2. The highest BCUT2D eigenvalue weighted by molar-refractivity contribution is 5.70. The van der Waals surface area contributed by atoms with Crippen LogP contribution in [0, 0.1) is 5.82 Å². The minimum Gasteiger partial charge on any atom is -0.488 e. The normalized spacial score (nSPS) is 13.9. The molecule has 7 heteroatoms. The van der Waals surface area contributed by atoms with Gasteiger partial charge in [0.15, 0.2) is 11.6 Å². The summed E-state index contributed by atoms with van der Waals surface area (Å²) in [7, 11) is 0. The van der Waals surface area contributed by atoms with Crippen LogP contribution in [0.2, 0.25) is 0 Å². The summed E-state index contributed by atoms with van der Waals surface area (Å²) >= 11 is 0. The minimum absolute atomic E-state index is 0.0120. The number of hydrogen-bond acceptors (Lipinski definition) is 5. The van der Waals surface area contributed by atoms with Crippen LogP contribution in [0.1, 0.15) is 30.4 Å². The van der Waals surface area contributed by atoms with Gasteiger partial charge in [0.2, 0.25) is 0 Å². The van der Waals surface area contributed by atoms with Gasteiger partial charge in [-0.1, -0.05) is 66.7 Å². The maximum atomic E-state index is 14.4. The molecule has 0 aliphatic carbocycles. The second-order valence-electron chi connectivity index (χ2n) is 8.68. The van der Waals surface area contributed by atoms with E-state index in [1.165, 1.54) is 18.6 Å². The highest BCUT2D eigenvalue weighted by atomic mass is 19.1. The molecule has 1 aliphatic rings. The van der Waals surface area contributed by atoms with Gasteiger partial charge < -0.3 is 14.7 Å². The van der Waals surface area contributed by atoms with E-state index >= 15 is 0 Å². The van der Waals surface area contributed by atoms with Gasteiger partial charge in [-0.3, -0.25) is 15.1 Å². The van der Waals surface area contributed by atoms with E-state index in [0.717, 1.165) is 48.3 Å². The molecule has 1 saturated heterocycles. The summed E-state index contributed by atoms with van der Waals surface area (Å²) in [4.78, 5) is 18.9. The molecule has 0 amide bonds. The Balaban J connectivity index is 1.37. The van der Waals surface area contributed by atoms with E-state index in [1.54, 1.807) is 6.07 Å². The number of nitrogens with one attached hydrogen (secondary N) is 1. The summed E-state index contributed by atoms with van der Waals surface area (Å²) < 4.78 is 19.9. The Morgan fingerprint density at radius 1 is 0.917 bits per heavy atom. The predicted octanol–water partition coefficient (Wildman–Crippen LogP) is 5.50. The van der Waals surface area contributed by atoms with Gasteiger partial charge in [-0.25, -0.2) is 4.39 Å². The monoisotopic (exact) mass is 490 g/mol. The summed E-state index contributed by atoms with van der Waals surface area (Å²) in [6.45, 7) is 2.27. The van der Waals surface area contributed by atoms with Crippen LogP contribution in [0.4, 0.5) is 4.39 Å². The van der Waals surface area contributed by atoms with Crippen molar-refractivity contribution in [2.24, 2.45) is 0 Å². The molecule has 0 bridgehead atoms. The molecule has 3 aromatic rings. The SMILES string of the molecule is O=C(O)Cc1cccc(OCCONC(=CN2CCCCC2)c2ccc(-c3ccccc3)cc2)c1F. The number of carbonyl (C=O) groups is 1. The van der Waals surface area contributed by atoms with Crippen LogP contribution in [0.25, 0.3) is 16.8 Å². The van der Waals surface area contributed by atoms with Crippen molar-refractivity contribution < 1.29 is 23.9 Å². The fourth-order valence-electron chi connectivity index (χ4n) is 4.15. The van der Waals surface area contributed by atoms with E-state index in [0.29, 0.717) is 0 Å². The molecular formula is C29H31FN2O4. The number of aliphatic carboxylic acids is 1. The van der Waals surface area contributed by atoms with Crippen molar-refractivity contribution in [1.82, 2.24) is 10.4 Å². The zero-order valence-corrected chi connectivity index (χ0v) is 20.2. The Kier molecular flexibility index (Phi) is 8.94. The van der Waals surface area contributed by atoms with E-state index in [2.05, 4.69) is 53.0 Å². The largest absolute Gasteiger partial charge is 0.488 e. The van der Waals surface area contributed by atoms with Crippen LogP contribution in [0.3, 0.4) is 0 Å². The molecule has 3 aromatic carbocycles. The lowest BCUT2D eigenvalue weighted by Gasteiger charge is -2.26. The van der Waals surface area contributed by atoms with Crippen molar-refractivity contribution >= 4 is 11.7 Å². The van der Waals surface area contributed by atoms with Crippen LogP contribution < -0.4 is 10.2 Å².